The Kier molecular flexibility index (Phi) is 7.28. The van der Waals surface area contributed by atoms with Gasteiger partial charge in [0.25, 0.3) is 0 Å². The molecule has 0 bridgehead atoms. The molecule has 0 aliphatic carbocycles. The number of halogens is 2. The fourth-order valence-electron chi connectivity index (χ4n) is 1.65. The van der Waals surface area contributed by atoms with Crippen molar-refractivity contribution in [3.05, 3.63) is 16.1 Å². The van der Waals surface area contributed by atoms with Crippen LogP contribution in [0.3, 0.4) is 0 Å². The van der Waals surface area contributed by atoms with Gasteiger partial charge in [0.1, 0.15) is 17.4 Å². The van der Waals surface area contributed by atoms with E-state index in [4.69, 9.17) is 27.9 Å². The fraction of sp³-hybridized carbons (Fsp3) is 0.615. The van der Waals surface area contributed by atoms with E-state index in [1.54, 1.807) is 6.07 Å². The van der Waals surface area contributed by atoms with Crippen LogP contribution >= 0.6 is 23.2 Å². The molecule has 1 heterocycles. The maximum Gasteiger partial charge on any atom is 0.234 e. The number of hydrogen-bond donors (Lipinski definition) is 1. The van der Waals surface area contributed by atoms with Gasteiger partial charge in [0, 0.05) is 13.1 Å². The number of likely N-dealkylation sites (N-methyl/N-ethyl adjacent to an activating group) is 1. The van der Waals surface area contributed by atoms with E-state index in [1.165, 1.54) is 0 Å². The highest BCUT2D eigenvalue weighted by Gasteiger charge is 2.10. The number of nitrogens with zero attached hydrogens (tertiary/aromatic N) is 2. The van der Waals surface area contributed by atoms with Crippen molar-refractivity contribution >= 4 is 29.0 Å². The van der Waals surface area contributed by atoms with Crippen LogP contribution < -0.4 is 10.1 Å². The van der Waals surface area contributed by atoms with Gasteiger partial charge < -0.3 is 15.0 Å². The minimum atomic E-state index is 0.425. The molecule has 0 atom stereocenters. The first-order valence-electron chi connectivity index (χ1n) is 6.57. The lowest BCUT2D eigenvalue weighted by atomic mass is 10.4. The molecule has 0 amide bonds. The van der Waals surface area contributed by atoms with Gasteiger partial charge in [-0.3, -0.25) is 0 Å². The van der Waals surface area contributed by atoms with Gasteiger partial charge >= 0.3 is 0 Å². The van der Waals surface area contributed by atoms with Gasteiger partial charge in [-0.05, 0) is 26.1 Å². The monoisotopic (exact) mass is 305 g/mol. The molecule has 0 radical (unpaired) electrons. The first kappa shape index (κ1) is 16.3. The molecule has 0 aromatic carbocycles. The van der Waals surface area contributed by atoms with E-state index in [-0.39, 0.29) is 0 Å². The second-order valence-electron chi connectivity index (χ2n) is 4.01. The number of hydrogen-bond acceptors (Lipinski definition) is 4. The summed E-state index contributed by atoms with van der Waals surface area (Å²) in [6.07, 6.45) is 0. The fourth-order valence-corrected chi connectivity index (χ4v) is 2.13. The minimum absolute atomic E-state index is 0.425. The van der Waals surface area contributed by atoms with Crippen molar-refractivity contribution in [2.24, 2.45) is 0 Å². The Morgan fingerprint density at radius 3 is 2.47 bits per heavy atom. The molecule has 0 aliphatic heterocycles. The van der Waals surface area contributed by atoms with E-state index < -0.39 is 0 Å². The smallest absolute Gasteiger partial charge is 0.234 e. The Labute approximate surface area is 125 Å². The first-order chi connectivity index (χ1) is 9.12. The van der Waals surface area contributed by atoms with Gasteiger partial charge in [0.05, 0.1) is 5.02 Å². The highest BCUT2D eigenvalue weighted by molar-refractivity contribution is 6.36. The predicted octanol–water partition coefficient (Wildman–Crippen LogP) is 3.54. The summed E-state index contributed by atoms with van der Waals surface area (Å²) in [6, 6.07) is 1.65. The second-order valence-corrected chi connectivity index (χ2v) is 4.83. The van der Waals surface area contributed by atoms with E-state index in [0.717, 1.165) is 26.2 Å². The molecular weight excluding hydrogens is 285 g/mol. The molecule has 1 aromatic rings. The summed E-state index contributed by atoms with van der Waals surface area (Å²) in [5.41, 5.74) is 0. The molecule has 108 valence electrons. The molecule has 0 saturated heterocycles. The zero-order chi connectivity index (χ0) is 14.3. The number of anilines is 1. The van der Waals surface area contributed by atoms with Crippen LogP contribution in [0.25, 0.3) is 0 Å². The van der Waals surface area contributed by atoms with Crippen LogP contribution in [-0.2, 0) is 0 Å². The molecule has 0 fully saturated rings. The number of aromatic nitrogens is 1. The van der Waals surface area contributed by atoms with Gasteiger partial charge in [-0.15, -0.1) is 0 Å². The molecular formula is C13H21Cl2N3O. The van der Waals surface area contributed by atoms with Crippen LogP contribution in [0.5, 0.6) is 5.88 Å². The van der Waals surface area contributed by atoms with Gasteiger partial charge in [-0.1, -0.05) is 37.0 Å². The van der Waals surface area contributed by atoms with Crippen LogP contribution in [-0.4, -0.2) is 42.7 Å². The number of nitrogens with one attached hydrogen (secondary N) is 1. The molecule has 1 rings (SSSR count). The maximum atomic E-state index is 6.07. The highest BCUT2D eigenvalue weighted by atomic mass is 35.5. The number of pyridine rings is 1. The zero-order valence-electron chi connectivity index (χ0n) is 11.7. The SMILES string of the molecule is CCNc1nc(OCCN(CC)CC)c(Cl)cc1Cl. The lowest BCUT2D eigenvalue weighted by molar-refractivity contribution is 0.218. The molecule has 1 aromatic heterocycles. The van der Waals surface area contributed by atoms with Gasteiger partial charge in [0.15, 0.2) is 0 Å². The third-order valence-electron chi connectivity index (χ3n) is 2.78. The van der Waals surface area contributed by atoms with E-state index in [9.17, 15) is 0 Å². The third kappa shape index (κ3) is 5.05. The van der Waals surface area contributed by atoms with Crippen LogP contribution in [0.4, 0.5) is 5.82 Å². The van der Waals surface area contributed by atoms with Crippen molar-refractivity contribution in [3.8, 4) is 5.88 Å². The van der Waals surface area contributed by atoms with Gasteiger partial charge in [-0.25, -0.2) is 0 Å². The van der Waals surface area contributed by atoms with Gasteiger partial charge in [0.2, 0.25) is 5.88 Å². The molecule has 0 unspecified atom stereocenters. The van der Waals surface area contributed by atoms with E-state index in [0.29, 0.717) is 28.3 Å². The summed E-state index contributed by atoms with van der Waals surface area (Å²) in [7, 11) is 0. The minimum Gasteiger partial charge on any atom is -0.475 e. The number of ether oxygens (including phenoxy) is 1. The molecule has 6 heteroatoms. The van der Waals surface area contributed by atoms with Crippen LogP contribution in [0, 0.1) is 0 Å². The predicted molar refractivity (Wildman–Crippen MR) is 81.7 cm³/mol. The Hall–Kier alpha value is -0.710. The average molecular weight is 306 g/mol. The van der Waals surface area contributed by atoms with Crippen LogP contribution in [0.2, 0.25) is 10.0 Å². The lowest BCUT2D eigenvalue weighted by Crippen LogP contribution is -2.28. The summed E-state index contributed by atoms with van der Waals surface area (Å²) in [5.74, 6) is 1.03. The Balaban J connectivity index is 2.64. The highest BCUT2D eigenvalue weighted by Crippen LogP contribution is 2.30. The molecule has 1 N–H and O–H groups in total. The quantitative estimate of drug-likeness (QED) is 0.797. The standard InChI is InChI=1S/C13H21Cl2N3O/c1-4-16-12-10(14)9-11(15)13(17-12)19-8-7-18(5-2)6-3/h9H,4-8H2,1-3H3,(H,16,17). The zero-order valence-corrected chi connectivity index (χ0v) is 13.2. The number of rotatable bonds is 8. The summed E-state index contributed by atoms with van der Waals surface area (Å²) in [6.45, 7) is 10.4. The van der Waals surface area contributed by atoms with E-state index >= 15 is 0 Å². The van der Waals surface area contributed by atoms with Crippen molar-refractivity contribution in [3.63, 3.8) is 0 Å². The van der Waals surface area contributed by atoms with Crippen molar-refractivity contribution < 1.29 is 4.74 Å². The van der Waals surface area contributed by atoms with Crippen molar-refractivity contribution in [2.45, 2.75) is 20.8 Å². The molecule has 4 nitrogen and oxygen atoms in total. The van der Waals surface area contributed by atoms with Crippen LogP contribution in [0.1, 0.15) is 20.8 Å². The summed E-state index contributed by atoms with van der Waals surface area (Å²) >= 11 is 12.1. The molecule has 19 heavy (non-hydrogen) atoms. The third-order valence-corrected chi connectivity index (χ3v) is 3.34. The molecule has 0 saturated carbocycles. The summed E-state index contributed by atoms with van der Waals surface area (Å²) < 4.78 is 5.63. The topological polar surface area (TPSA) is 37.4 Å². The summed E-state index contributed by atoms with van der Waals surface area (Å²) in [4.78, 5) is 6.57. The van der Waals surface area contributed by atoms with Crippen molar-refractivity contribution in [1.29, 1.82) is 0 Å². The van der Waals surface area contributed by atoms with E-state index in [1.807, 2.05) is 6.92 Å². The Morgan fingerprint density at radius 2 is 1.89 bits per heavy atom. The van der Waals surface area contributed by atoms with E-state index in [2.05, 4.69) is 29.0 Å². The van der Waals surface area contributed by atoms with Crippen molar-refractivity contribution in [1.82, 2.24) is 9.88 Å². The maximum absolute atomic E-state index is 6.07. The second kappa shape index (κ2) is 8.46. The Morgan fingerprint density at radius 1 is 1.21 bits per heavy atom. The first-order valence-corrected chi connectivity index (χ1v) is 7.32. The molecule has 0 spiro atoms. The largest absolute Gasteiger partial charge is 0.475 e. The lowest BCUT2D eigenvalue weighted by Gasteiger charge is -2.18. The Bertz CT molecular complexity index is 398. The average Bonchev–Trinajstić information content (AvgIpc) is 2.39. The van der Waals surface area contributed by atoms with Crippen molar-refractivity contribution in [2.75, 3.05) is 38.1 Å². The molecule has 0 aliphatic rings. The van der Waals surface area contributed by atoms with Crippen LogP contribution in [0.15, 0.2) is 6.07 Å². The normalized spacial score (nSPS) is 10.8. The van der Waals surface area contributed by atoms with Gasteiger partial charge in [-0.2, -0.15) is 4.98 Å². The summed E-state index contributed by atoms with van der Waals surface area (Å²) in [5, 5.41) is 4.01.